The molecule has 2 unspecified atom stereocenters. The Bertz CT molecular complexity index is 166. The molecule has 0 aromatic heterocycles. The van der Waals surface area contributed by atoms with Crippen LogP contribution in [0.1, 0.15) is 47.0 Å². The van der Waals surface area contributed by atoms with Gasteiger partial charge in [0.05, 0.1) is 0 Å². The van der Waals surface area contributed by atoms with Crippen molar-refractivity contribution in [1.29, 1.82) is 0 Å². The van der Waals surface area contributed by atoms with Gasteiger partial charge in [-0.25, -0.2) is 0 Å². The van der Waals surface area contributed by atoms with Gasteiger partial charge in [-0.3, -0.25) is 0 Å². The molecule has 1 aliphatic heterocycles. The molecule has 0 aromatic carbocycles. The molecule has 2 N–H and O–H groups in total. The molecular formula is C13H28N2. The van der Waals surface area contributed by atoms with Gasteiger partial charge >= 0.3 is 0 Å². The molecule has 0 radical (unpaired) electrons. The Kier molecular flexibility index (Phi) is 5.07. The highest BCUT2D eigenvalue weighted by Gasteiger charge is 2.19. The lowest BCUT2D eigenvalue weighted by molar-refractivity contribution is 0.252. The summed E-state index contributed by atoms with van der Waals surface area (Å²) in [5.41, 5.74) is 0.429. The third-order valence-electron chi connectivity index (χ3n) is 3.76. The average Bonchev–Trinajstić information content (AvgIpc) is 2.63. The first kappa shape index (κ1) is 13.0. The monoisotopic (exact) mass is 212 g/mol. The van der Waals surface area contributed by atoms with E-state index < -0.39 is 0 Å². The summed E-state index contributed by atoms with van der Waals surface area (Å²) in [6.07, 6.45) is 4.02. The Morgan fingerprint density at radius 2 is 2.13 bits per heavy atom. The van der Waals surface area contributed by atoms with Gasteiger partial charge in [-0.2, -0.15) is 0 Å². The van der Waals surface area contributed by atoms with Crippen molar-refractivity contribution < 1.29 is 0 Å². The Balaban J connectivity index is 2.01. The van der Waals surface area contributed by atoms with Crippen LogP contribution in [0.25, 0.3) is 0 Å². The van der Waals surface area contributed by atoms with Crippen LogP contribution in [-0.4, -0.2) is 25.7 Å². The van der Waals surface area contributed by atoms with Gasteiger partial charge in [0.25, 0.3) is 0 Å². The van der Waals surface area contributed by atoms with Gasteiger partial charge in [0.15, 0.2) is 0 Å². The average molecular weight is 212 g/mol. The standard InChI is InChI=1S/C13H28N2/c1-11(13(2,3)4)10-14-9-7-12-6-5-8-15-12/h11-12,14-15H,5-10H2,1-4H3. The van der Waals surface area contributed by atoms with E-state index in [0.29, 0.717) is 5.41 Å². The molecule has 0 aliphatic carbocycles. The molecule has 0 aromatic rings. The normalized spacial score (nSPS) is 24.4. The van der Waals surface area contributed by atoms with Crippen LogP contribution >= 0.6 is 0 Å². The van der Waals surface area contributed by atoms with Crippen molar-refractivity contribution in [2.75, 3.05) is 19.6 Å². The van der Waals surface area contributed by atoms with Crippen LogP contribution in [0.3, 0.4) is 0 Å². The van der Waals surface area contributed by atoms with Crippen LogP contribution in [0, 0.1) is 11.3 Å². The van der Waals surface area contributed by atoms with Crippen molar-refractivity contribution in [3.8, 4) is 0 Å². The zero-order valence-corrected chi connectivity index (χ0v) is 10.9. The zero-order valence-electron chi connectivity index (χ0n) is 10.9. The fourth-order valence-electron chi connectivity index (χ4n) is 1.90. The lowest BCUT2D eigenvalue weighted by Gasteiger charge is -2.27. The predicted molar refractivity (Wildman–Crippen MR) is 67.1 cm³/mol. The van der Waals surface area contributed by atoms with Crippen LogP contribution in [0.5, 0.6) is 0 Å². The summed E-state index contributed by atoms with van der Waals surface area (Å²) in [6, 6.07) is 0.780. The summed E-state index contributed by atoms with van der Waals surface area (Å²) in [7, 11) is 0. The quantitative estimate of drug-likeness (QED) is 0.684. The molecule has 2 nitrogen and oxygen atoms in total. The highest BCUT2D eigenvalue weighted by Crippen LogP contribution is 2.24. The van der Waals surface area contributed by atoms with E-state index in [1.807, 2.05) is 0 Å². The summed E-state index contributed by atoms with van der Waals surface area (Å²) in [4.78, 5) is 0. The second-order valence-corrected chi connectivity index (χ2v) is 6.05. The predicted octanol–water partition coefficient (Wildman–Crippen LogP) is 2.40. The molecule has 1 fully saturated rings. The summed E-state index contributed by atoms with van der Waals surface area (Å²) >= 11 is 0. The lowest BCUT2D eigenvalue weighted by Crippen LogP contribution is -2.33. The van der Waals surface area contributed by atoms with Crippen molar-refractivity contribution in [2.24, 2.45) is 11.3 Å². The van der Waals surface area contributed by atoms with E-state index >= 15 is 0 Å². The van der Waals surface area contributed by atoms with Crippen molar-refractivity contribution in [1.82, 2.24) is 10.6 Å². The molecule has 0 spiro atoms. The summed E-state index contributed by atoms with van der Waals surface area (Å²) in [6.45, 7) is 12.8. The summed E-state index contributed by atoms with van der Waals surface area (Å²) < 4.78 is 0. The minimum absolute atomic E-state index is 0.429. The Labute approximate surface area is 95.2 Å². The first-order valence-electron chi connectivity index (χ1n) is 6.44. The van der Waals surface area contributed by atoms with Gasteiger partial charge in [-0.15, -0.1) is 0 Å². The molecule has 2 atom stereocenters. The third kappa shape index (κ3) is 4.98. The Hall–Kier alpha value is -0.0800. The van der Waals surface area contributed by atoms with Crippen molar-refractivity contribution in [3.63, 3.8) is 0 Å². The number of rotatable bonds is 5. The molecule has 0 saturated carbocycles. The number of nitrogens with one attached hydrogen (secondary N) is 2. The Morgan fingerprint density at radius 3 is 2.67 bits per heavy atom. The molecule has 0 amide bonds. The molecule has 15 heavy (non-hydrogen) atoms. The van der Waals surface area contributed by atoms with E-state index in [-0.39, 0.29) is 0 Å². The zero-order chi connectivity index (χ0) is 11.3. The minimum atomic E-state index is 0.429. The number of hydrogen-bond donors (Lipinski definition) is 2. The molecule has 1 aliphatic rings. The molecule has 1 heterocycles. The van der Waals surface area contributed by atoms with Crippen LogP contribution < -0.4 is 10.6 Å². The minimum Gasteiger partial charge on any atom is -0.316 e. The molecule has 90 valence electrons. The van der Waals surface area contributed by atoms with Crippen LogP contribution in [0.2, 0.25) is 0 Å². The summed E-state index contributed by atoms with van der Waals surface area (Å²) in [5, 5.41) is 7.11. The number of hydrogen-bond acceptors (Lipinski definition) is 2. The summed E-state index contributed by atoms with van der Waals surface area (Å²) in [5.74, 6) is 0.744. The van der Waals surface area contributed by atoms with Gasteiger partial charge in [0.1, 0.15) is 0 Å². The fraction of sp³-hybridized carbons (Fsp3) is 1.00. The fourth-order valence-corrected chi connectivity index (χ4v) is 1.90. The maximum Gasteiger partial charge on any atom is 0.00796 e. The van der Waals surface area contributed by atoms with E-state index in [4.69, 9.17) is 0 Å². The molecule has 0 bridgehead atoms. The Morgan fingerprint density at radius 1 is 1.40 bits per heavy atom. The van der Waals surface area contributed by atoms with Gasteiger partial charge in [0.2, 0.25) is 0 Å². The van der Waals surface area contributed by atoms with E-state index in [1.165, 1.54) is 25.8 Å². The van der Waals surface area contributed by atoms with Crippen LogP contribution in [0.15, 0.2) is 0 Å². The smallest absolute Gasteiger partial charge is 0.00796 e. The second kappa shape index (κ2) is 5.86. The first-order chi connectivity index (χ1) is 7.00. The SMILES string of the molecule is CC(CNCCC1CCCN1)C(C)(C)C. The van der Waals surface area contributed by atoms with Crippen molar-refractivity contribution in [3.05, 3.63) is 0 Å². The highest BCUT2D eigenvalue weighted by molar-refractivity contribution is 4.76. The van der Waals surface area contributed by atoms with Crippen LogP contribution in [-0.2, 0) is 0 Å². The highest BCUT2D eigenvalue weighted by atomic mass is 14.9. The molecule has 1 rings (SSSR count). The van der Waals surface area contributed by atoms with E-state index in [9.17, 15) is 0 Å². The van der Waals surface area contributed by atoms with Crippen molar-refractivity contribution >= 4 is 0 Å². The molecule has 2 heteroatoms. The van der Waals surface area contributed by atoms with E-state index in [1.54, 1.807) is 0 Å². The van der Waals surface area contributed by atoms with Gasteiger partial charge in [0, 0.05) is 6.04 Å². The largest absolute Gasteiger partial charge is 0.316 e. The molecular weight excluding hydrogens is 184 g/mol. The first-order valence-corrected chi connectivity index (χ1v) is 6.44. The third-order valence-corrected chi connectivity index (χ3v) is 3.76. The van der Waals surface area contributed by atoms with Crippen molar-refractivity contribution in [2.45, 2.75) is 53.0 Å². The van der Waals surface area contributed by atoms with E-state index in [0.717, 1.165) is 25.0 Å². The van der Waals surface area contributed by atoms with Crippen LogP contribution in [0.4, 0.5) is 0 Å². The van der Waals surface area contributed by atoms with Gasteiger partial charge in [-0.05, 0) is 50.2 Å². The maximum atomic E-state index is 3.58. The van der Waals surface area contributed by atoms with Gasteiger partial charge in [-0.1, -0.05) is 27.7 Å². The second-order valence-electron chi connectivity index (χ2n) is 6.05. The van der Waals surface area contributed by atoms with Gasteiger partial charge < -0.3 is 10.6 Å². The maximum absolute atomic E-state index is 3.58. The topological polar surface area (TPSA) is 24.1 Å². The lowest BCUT2D eigenvalue weighted by atomic mass is 9.82. The van der Waals surface area contributed by atoms with E-state index in [2.05, 4.69) is 38.3 Å². The molecule has 1 saturated heterocycles.